The largest absolute Gasteiger partial charge is 0.370 e. The van der Waals surface area contributed by atoms with Crippen LogP contribution >= 0.6 is 0 Å². The van der Waals surface area contributed by atoms with E-state index in [0.717, 1.165) is 30.9 Å². The lowest BCUT2D eigenvalue weighted by Gasteiger charge is -2.09. The van der Waals surface area contributed by atoms with Crippen molar-refractivity contribution in [1.29, 1.82) is 5.26 Å². The van der Waals surface area contributed by atoms with Crippen LogP contribution in [0.4, 0.5) is 17.3 Å². The van der Waals surface area contributed by atoms with Crippen LogP contribution in [0.25, 0.3) is 0 Å². The summed E-state index contributed by atoms with van der Waals surface area (Å²) in [5.41, 5.74) is 1.33. The molecule has 0 aliphatic heterocycles. The van der Waals surface area contributed by atoms with E-state index >= 15 is 0 Å². The summed E-state index contributed by atoms with van der Waals surface area (Å²) in [5, 5.41) is 15.4. The Hall–Kier alpha value is -2.61. The van der Waals surface area contributed by atoms with Crippen LogP contribution in [0.5, 0.6) is 0 Å². The second kappa shape index (κ2) is 7.10. The Labute approximate surface area is 118 Å². The molecule has 0 radical (unpaired) electrons. The molecule has 0 bridgehead atoms. The number of rotatable bonds is 6. The number of para-hydroxylation sites is 1. The first-order valence-electron chi connectivity index (χ1n) is 6.65. The highest BCUT2D eigenvalue weighted by Crippen LogP contribution is 2.19. The molecule has 0 saturated heterocycles. The number of nitrogens with one attached hydrogen (secondary N) is 2. The van der Waals surface area contributed by atoms with Gasteiger partial charge in [0.15, 0.2) is 0 Å². The summed E-state index contributed by atoms with van der Waals surface area (Å²) in [6, 6.07) is 11.3. The molecule has 0 aliphatic rings. The summed E-state index contributed by atoms with van der Waals surface area (Å²) in [7, 11) is 0. The van der Waals surface area contributed by atoms with Gasteiger partial charge in [-0.25, -0.2) is 9.97 Å². The molecule has 5 nitrogen and oxygen atoms in total. The van der Waals surface area contributed by atoms with Crippen molar-refractivity contribution in [2.45, 2.75) is 19.8 Å². The van der Waals surface area contributed by atoms with Crippen LogP contribution in [0.1, 0.15) is 25.3 Å². The summed E-state index contributed by atoms with van der Waals surface area (Å²) < 4.78 is 0. The minimum Gasteiger partial charge on any atom is -0.370 e. The van der Waals surface area contributed by atoms with Crippen molar-refractivity contribution < 1.29 is 0 Å². The zero-order valence-corrected chi connectivity index (χ0v) is 11.4. The van der Waals surface area contributed by atoms with Gasteiger partial charge in [-0.3, -0.25) is 0 Å². The minimum absolute atomic E-state index is 0.589. The third-order valence-electron chi connectivity index (χ3n) is 2.81. The highest BCUT2D eigenvalue weighted by atomic mass is 15.1. The molecular weight excluding hydrogens is 250 g/mol. The Balaban J connectivity index is 2.10. The lowest BCUT2D eigenvalue weighted by Crippen LogP contribution is -2.04. The molecule has 1 aromatic heterocycles. The first kappa shape index (κ1) is 13.8. The fourth-order valence-corrected chi connectivity index (χ4v) is 1.74. The van der Waals surface area contributed by atoms with Gasteiger partial charge in [0, 0.05) is 12.6 Å². The van der Waals surface area contributed by atoms with E-state index in [1.807, 2.05) is 24.3 Å². The maximum absolute atomic E-state index is 9.06. The minimum atomic E-state index is 0.589. The van der Waals surface area contributed by atoms with E-state index in [4.69, 9.17) is 5.26 Å². The van der Waals surface area contributed by atoms with Crippen LogP contribution in [0, 0.1) is 11.3 Å². The van der Waals surface area contributed by atoms with E-state index in [0.29, 0.717) is 11.4 Å². The average Bonchev–Trinajstić information content (AvgIpc) is 2.48. The van der Waals surface area contributed by atoms with Gasteiger partial charge < -0.3 is 10.6 Å². The van der Waals surface area contributed by atoms with Gasteiger partial charge in [-0.1, -0.05) is 25.5 Å². The number of benzene rings is 1. The van der Waals surface area contributed by atoms with Crippen molar-refractivity contribution in [2.24, 2.45) is 0 Å². The maximum Gasteiger partial charge on any atom is 0.135 e. The second-order valence-electron chi connectivity index (χ2n) is 4.35. The molecule has 0 saturated carbocycles. The fraction of sp³-hybridized carbons (Fsp3) is 0.267. The predicted molar refractivity (Wildman–Crippen MR) is 79.9 cm³/mol. The van der Waals surface area contributed by atoms with Crippen molar-refractivity contribution in [3.05, 3.63) is 42.2 Å². The number of aromatic nitrogens is 2. The zero-order valence-electron chi connectivity index (χ0n) is 11.4. The van der Waals surface area contributed by atoms with E-state index in [1.54, 1.807) is 6.07 Å². The summed E-state index contributed by atoms with van der Waals surface area (Å²) in [6.07, 6.45) is 3.74. The Morgan fingerprint density at radius 1 is 1.20 bits per heavy atom. The first-order chi connectivity index (χ1) is 9.83. The molecule has 102 valence electrons. The lowest BCUT2D eigenvalue weighted by molar-refractivity contribution is 0.830. The number of hydrogen-bond acceptors (Lipinski definition) is 5. The molecule has 1 heterocycles. The monoisotopic (exact) mass is 267 g/mol. The Kier molecular flexibility index (Phi) is 4.90. The summed E-state index contributed by atoms with van der Waals surface area (Å²) in [6.45, 7) is 3.04. The van der Waals surface area contributed by atoms with Crippen molar-refractivity contribution >= 4 is 17.3 Å². The van der Waals surface area contributed by atoms with Gasteiger partial charge in [0.05, 0.1) is 11.3 Å². The van der Waals surface area contributed by atoms with Gasteiger partial charge in [-0.05, 0) is 18.6 Å². The number of nitriles is 1. The molecule has 0 amide bonds. The van der Waals surface area contributed by atoms with Gasteiger partial charge in [-0.2, -0.15) is 5.26 Å². The van der Waals surface area contributed by atoms with E-state index in [-0.39, 0.29) is 0 Å². The number of hydrogen-bond donors (Lipinski definition) is 2. The number of nitrogens with zero attached hydrogens (tertiary/aromatic N) is 3. The van der Waals surface area contributed by atoms with E-state index in [2.05, 4.69) is 33.6 Å². The normalized spacial score (nSPS) is 9.80. The molecule has 2 N–H and O–H groups in total. The van der Waals surface area contributed by atoms with Crippen LogP contribution in [0.3, 0.4) is 0 Å². The van der Waals surface area contributed by atoms with Crippen molar-refractivity contribution in [1.82, 2.24) is 9.97 Å². The highest BCUT2D eigenvalue weighted by molar-refractivity contribution is 5.65. The number of anilines is 3. The van der Waals surface area contributed by atoms with Gasteiger partial charge in [0.2, 0.25) is 0 Å². The van der Waals surface area contributed by atoms with Crippen molar-refractivity contribution in [2.75, 3.05) is 17.2 Å². The SMILES string of the molecule is CCCCNc1cc(Nc2ccccc2C#N)ncn1. The zero-order chi connectivity index (χ0) is 14.2. The molecule has 0 spiro atoms. The molecule has 0 fully saturated rings. The highest BCUT2D eigenvalue weighted by Gasteiger charge is 2.03. The molecular formula is C15H17N5. The van der Waals surface area contributed by atoms with Crippen LogP contribution in [0.15, 0.2) is 36.7 Å². The topological polar surface area (TPSA) is 73.6 Å². The van der Waals surface area contributed by atoms with E-state index in [1.165, 1.54) is 6.33 Å². The molecule has 0 unspecified atom stereocenters. The van der Waals surface area contributed by atoms with Crippen molar-refractivity contribution in [3.63, 3.8) is 0 Å². The van der Waals surface area contributed by atoms with E-state index in [9.17, 15) is 0 Å². The molecule has 2 aromatic rings. The fourth-order valence-electron chi connectivity index (χ4n) is 1.74. The Morgan fingerprint density at radius 2 is 2.00 bits per heavy atom. The predicted octanol–water partition coefficient (Wildman–Crippen LogP) is 3.30. The first-order valence-corrected chi connectivity index (χ1v) is 6.65. The Bertz CT molecular complexity index is 603. The molecule has 0 aliphatic carbocycles. The van der Waals surface area contributed by atoms with Gasteiger partial charge in [0.1, 0.15) is 24.0 Å². The van der Waals surface area contributed by atoms with Crippen LogP contribution in [-0.4, -0.2) is 16.5 Å². The van der Waals surface area contributed by atoms with Crippen LogP contribution in [-0.2, 0) is 0 Å². The summed E-state index contributed by atoms with van der Waals surface area (Å²) in [4.78, 5) is 8.33. The molecule has 0 atom stereocenters. The number of unbranched alkanes of at least 4 members (excludes halogenated alkanes) is 1. The quantitative estimate of drug-likeness (QED) is 0.785. The standard InChI is InChI=1S/C15H17N5/c1-2-3-8-17-14-9-15(19-11-18-14)20-13-7-5-4-6-12(13)10-16/h4-7,9,11H,2-3,8H2,1H3,(H2,17,18,19,20). The molecule has 1 aromatic carbocycles. The van der Waals surface area contributed by atoms with Gasteiger partial charge >= 0.3 is 0 Å². The van der Waals surface area contributed by atoms with Crippen molar-refractivity contribution in [3.8, 4) is 6.07 Å². The van der Waals surface area contributed by atoms with E-state index < -0.39 is 0 Å². The average molecular weight is 267 g/mol. The smallest absolute Gasteiger partial charge is 0.135 e. The molecule has 2 rings (SSSR count). The van der Waals surface area contributed by atoms with Gasteiger partial charge in [0.25, 0.3) is 0 Å². The van der Waals surface area contributed by atoms with Crippen LogP contribution in [0.2, 0.25) is 0 Å². The lowest BCUT2D eigenvalue weighted by atomic mass is 10.2. The molecule has 5 heteroatoms. The Morgan fingerprint density at radius 3 is 2.80 bits per heavy atom. The van der Waals surface area contributed by atoms with Crippen LogP contribution < -0.4 is 10.6 Å². The third-order valence-corrected chi connectivity index (χ3v) is 2.81. The summed E-state index contributed by atoms with van der Waals surface area (Å²) >= 11 is 0. The maximum atomic E-state index is 9.06. The second-order valence-corrected chi connectivity index (χ2v) is 4.35. The summed E-state index contributed by atoms with van der Waals surface area (Å²) in [5.74, 6) is 1.45. The third kappa shape index (κ3) is 3.69. The van der Waals surface area contributed by atoms with Gasteiger partial charge in [-0.15, -0.1) is 0 Å². The molecule has 20 heavy (non-hydrogen) atoms.